The Kier molecular flexibility index (Phi) is 4.63. The number of aromatic nitrogens is 3. The van der Waals surface area contributed by atoms with E-state index in [2.05, 4.69) is 30.6 Å². The minimum absolute atomic E-state index is 0.215. The average Bonchev–Trinajstić information content (AvgIpc) is 3.45. The fraction of sp³-hybridized carbons (Fsp3) is 0.182. The van der Waals surface area contributed by atoms with Crippen LogP contribution in [0.4, 0.5) is 11.5 Å². The normalized spacial score (nSPS) is 14.3. The molecule has 3 aromatic heterocycles. The van der Waals surface area contributed by atoms with Crippen LogP contribution in [0, 0.1) is 0 Å². The molecule has 4 heterocycles. The lowest BCUT2D eigenvalue weighted by Gasteiger charge is -2.17. The van der Waals surface area contributed by atoms with Crippen LogP contribution in [0.1, 0.15) is 12.8 Å². The summed E-state index contributed by atoms with van der Waals surface area (Å²) in [6.45, 7) is 2.02. The summed E-state index contributed by atoms with van der Waals surface area (Å²) < 4.78 is 28.5. The second kappa shape index (κ2) is 7.46. The number of fused-ring (bicyclic) bond motifs is 1. The largest absolute Gasteiger partial charge is 0.357 e. The third-order valence-electron chi connectivity index (χ3n) is 5.36. The lowest BCUT2D eigenvalue weighted by atomic mass is 10.1. The number of sulfonamides is 1. The third-order valence-corrected chi connectivity index (χ3v) is 6.74. The summed E-state index contributed by atoms with van der Waals surface area (Å²) in [5.74, 6) is 0.939. The number of anilines is 2. The van der Waals surface area contributed by atoms with E-state index in [1.807, 2.05) is 12.3 Å². The van der Waals surface area contributed by atoms with E-state index in [4.69, 9.17) is 0 Å². The summed E-state index contributed by atoms with van der Waals surface area (Å²) in [6, 6.07) is 14.0. The van der Waals surface area contributed by atoms with E-state index in [-0.39, 0.29) is 4.90 Å². The maximum Gasteiger partial charge on any atom is 0.261 e. The van der Waals surface area contributed by atoms with Crippen molar-refractivity contribution in [2.24, 2.45) is 0 Å². The Labute approximate surface area is 174 Å². The van der Waals surface area contributed by atoms with Gasteiger partial charge in [-0.2, -0.15) is 0 Å². The molecule has 1 aromatic carbocycles. The molecule has 30 heavy (non-hydrogen) atoms. The summed E-state index contributed by atoms with van der Waals surface area (Å²) in [7, 11) is -3.72. The first kappa shape index (κ1) is 18.6. The van der Waals surface area contributed by atoms with E-state index in [0.717, 1.165) is 35.4 Å². The molecular formula is C22H21N5O2S. The van der Waals surface area contributed by atoms with Crippen molar-refractivity contribution in [3.05, 3.63) is 67.1 Å². The molecule has 0 atom stereocenters. The van der Waals surface area contributed by atoms with Crippen molar-refractivity contribution in [2.45, 2.75) is 17.7 Å². The van der Waals surface area contributed by atoms with Crippen molar-refractivity contribution in [3.8, 4) is 11.1 Å². The molecule has 0 saturated carbocycles. The Morgan fingerprint density at radius 1 is 0.967 bits per heavy atom. The predicted molar refractivity (Wildman–Crippen MR) is 118 cm³/mol. The van der Waals surface area contributed by atoms with Crippen LogP contribution < -0.4 is 9.62 Å². The van der Waals surface area contributed by atoms with Gasteiger partial charge in [-0.25, -0.2) is 18.4 Å². The Morgan fingerprint density at radius 3 is 2.53 bits per heavy atom. The van der Waals surface area contributed by atoms with Crippen molar-refractivity contribution in [2.75, 3.05) is 22.7 Å². The van der Waals surface area contributed by atoms with Gasteiger partial charge < -0.3 is 9.88 Å². The van der Waals surface area contributed by atoms with Crippen molar-refractivity contribution >= 4 is 32.6 Å². The van der Waals surface area contributed by atoms with E-state index in [1.165, 1.54) is 12.8 Å². The van der Waals surface area contributed by atoms with Crippen LogP contribution in [-0.2, 0) is 10.0 Å². The van der Waals surface area contributed by atoms with Gasteiger partial charge in [-0.1, -0.05) is 18.2 Å². The fourth-order valence-corrected chi connectivity index (χ4v) is 4.97. The van der Waals surface area contributed by atoms with Gasteiger partial charge in [-0.15, -0.1) is 0 Å². The number of hydrogen-bond acceptors (Lipinski definition) is 5. The number of H-pyrrole nitrogens is 1. The smallest absolute Gasteiger partial charge is 0.261 e. The lowest BCUT2D eigenvalue weighted by Crippen LogP contribution is -2.18. The maximum atomic E-state index is 12.9. The molecule has 0 aliphatic carbocycles. The first-order chi connectivity index (χ1) is 14.6. The van der Waals surface area contributed by atoms with Crippen molar-refractivity contribution in [3.63, 3.8) is 0 Å². The number of rotatable bonds is 5. The minimum Gasteiger partial charge on any atom is -0.357 e. The van der Waals surface area contributed by atoms with Crippen molar-refractivity contribution < 1.29 is 8.42 Å². The summed E-state index contributed by atoms with van der Waals surface area (Å²) >= 11 is 0. The first-order valence-electron chi connectivity index (χ1n) is 9.87. The maximum absolute atomic E-state index is 12.9. The highest BCUT2D eigenvalue weighted by atomic mass is 32.2. The monoisotopic (exact) mass is 419 g/mol. The van der Waals surface area contributed by atoms with E-state index in [9.17, 15) is 8.42 Å². The molecule has 0 amide bonds. The zero-order chi connectivity index (χ0) is 20.6. The van der Waals surface area contributed by atoms with Crippen LogP contribution in [0.5, 0.6) is 0 Å². The van der Waals surface area contributed by atoms with E-state index < -0.39 is 10.0 Å². The van der Waals surface area contributed by atoms with Crippen LogP contribution in [0.3, 0.4) is 0 Å². The van der Waals surface area contributed by atoms with Crippen LogP contribution in [-0.4, -0.2) is 36.5 Å². The van der Waals surface area contributed by atoms with Gasteiger partial charge in [0.25, 0.3) is 10.0 Å². The molecule has 1 fully saturated rings. The average molecular weight is 420 g/mol. The highest BCUT2D eigenvalue weighted by Gasteiger charge is 2.19. The third kappa shape index (κ3) is 3.39. The van der Waals surface area contributed by atoms with Gasteiger partial charge in [0.2, 0.25) is 0 Å². The van der Waals surface area contributed by atoms with Gasteiger partial charge in [0.15, 0.2) is 0 Å². The molecule has 0 radical (unpaired) electrons. The number of nitrogens with zero attached hydrogens (tertiary/aromatic N) is 3. The summed E-state index contributed by atoms with van der Waals surface area (Å²) in [5, 5.41) is 0.732. The molecule has 0 unspecified atom stereocenters. The molecule has 2 N–H and O–H groups in total. The first-order valence-corrected chi connectivity index (χ1v) is 11.4. The molecule has 1 aliphatic rings. The highest BCUT2D eigenvalue weighted by Crippen LogP contribution is 2.35. The van der Waals surface area contributed by atoms with Gasteiger partial charge in [0.05, 0.1) is 16.0 Å². The van der Waals surface area contributed by atoms with E-state index in [0.29, 0.717) is 11.3 Å². The molecular weight excluding hydrogens is 398 g/mol. The number of benzene rings is 1. The number of hydrogen-bond donors (Lipinski definition) is 2. The predicted octanol–water partition coefficient (Wildman–Crippen LogP) is 4.03. The van der Waals surface area contributed by atoms with Gasteiger partial charge >= 0.3 is 0 Å². The van der Waals surface area contributed by atoms with Crippen LogP contribution >= 0.6 is 0 Å². The zero-order valence-corrected chi connectivity index (χ0v) is 17.1. The Morgan fingerprint density at radius 2 is 1.73 bits per heavy atom. The highest BCUT2D eigenvalue weighted by molar-refractivity contribution is 7.92. The van der Waals surface area contributed by atoms with Crippen LogP contribution in [0.2, 0.25) is 0 Å². The van der Waals surface area contributed by atoms with E-state index in [1.54, 1.807) is 48.8 Å². The van der Waals surface area contributed by atoms with Gasteiger partial charge in [0.1, 0.15) is 11.5 Å². The molecule has 8 heteroatoms. The molecule has 0 bridgehead atoms. The van der Waals surface area contributed by atoms with Crippen molar-refractivity contribution in [1.29, 1.82) is 0 Å². The topological polar surface area (TPSA) is 91.0 Å². The van der Waals surface area contributed by atoms with Crippen LogP contribution in [0.15, 0.2) is 72.0 Å². The van der Waals surface area contributed by atoms with Gasteiger partial charge in [0, 0.05) is 37.2 Å². The molecule has 1 aliphatic heterocycles. The SMILES string of the molecule is O=S(=O)(Nc1ccnc2[nH]cc(-c3ccnc(N4CCCC4)c3)c12)c1ccccc1. The molecule has 7 nitrogen and oxygen atoms in total. The quantitative estimate of drug-likeness (QED) is 0.510. The second-order valence-corrected chi connectivity index (χ2v) is 8.98. The second-order valence-electron chi connectivity index (χ2n) is 7.30. The van der Waals surface area contributed by atoms with Crippen LogP contribution in [0.25, 0.3) is 22.2 Å². The molecule has 0 spiro atoms. The Balaban J connectivity index is 1.58. The minimum atomic E-state index is -3.72. The number of aromatic amines is 1. The lowest BCUT2D eigenvalue weighted by molar-refractivity contribution is 0.601. The van der Waals surface area contributed by atoms with E-state index >= 15 is 0 Å². The summed E-state index contributed by atoms with van der Waals surface area (Å²) in [6.07, 6.45) is 7.60. The Bertz CT molecular complexity index is 1300. The summed E-state index contributed by atoms with van der Waals surface area (Å²) in [5.41, 5.74) is 2.95. The Hall–Kier alpha value is -3.39. The van der Waals surface area contributed by atoms with Gasteiger partial charge in [-0.3, -0.25) is 4.72 Å². The standard InChI is InChI=1S/C22H21N5O2S/c28-30(29,17-6-2-1-3-7-17)26-19-9-11-24-22-21(19)18(15-25-22)16-8-10-23-20(14-16)27-12-4-5-13-27/h1-3,6-11,14-15H,4-5,12-13H2,(H2,24,25,26). The summed E-state index contributed by atoms with van der Waals surface area (Å²) in [4.78, 5) is 14.5. The van der Waals surface area contributed by atoms with Crippen molar-refractivity contribution in [1.82, 2.24) is 15.0 Å². The number of nitrogens with one attached hydrogen (secondary N) is 2. The molecule has 4 aromatic rings. The molecule has 1 saturated heterocycles. The fourth-order valence-electron chi connectivity index (χ4n) is 3.88. The number of pyridine rings is 2. The van der Waals surface area contributed by atoms with Gasteiger partial charge in [-0.05, 0) is 48.7 Å². The zero-order valence-electron chi connectivity index (χ0n) is 16.2. The molecule has 152 valence electrons. The molecule has 5 rings (SSSR count).